The van der Waals surface area contributed by atoms with Gasteiger partial charge in [-0.2, -0.15) is 5.10 Å². The van der Waals surface area contributed by atoms with Gasteiger partial charge < -0.3 is 10.4 Å². The van der Waals surface area contributed by atoms with Gasteiger partial charge >= 0.3 is 5.97 Å². The minimum Gasteiger partial charge on any atom is -0.481 e. The van der Waals surface area contributed by atoms with Gasteiger partial charge in [0.2, 0.25) is 0 Å². The number of hydrogen-bond donors (Lipinski definition) is 2. The summed E-state index contributed by atoms with van der Waals surface area (Å²) in [5, 5.41) is 16.5. The molecule has 122 valence electrons. The van der Waals surface area contributed by atoms with E-state index < -0.39 is 11.4 Å². The van der Waals surface area contributed by atoms with Gasteiger partial charge in [-0.1, -0.05) is 33.1 Å². The molecule has 22 heavy (non-hydrogen) atoms. The molecule has 1 saturated carbocycles. The van der Waals surface area contributed by atoms with Crippen molar-refractivity contribution in [1.29, 1.82) is 0 Å². The Morgan fingerprint density at radius 3 is 2.50 bits per heavy atom. The third-order valence-corrected chi connectivity index (χ3v) is 4.59. The van der Waals surface area contributed by atoms with Gasteiger partial charge in [0.25, 0.3) is 5.91 Å². The van der Waals surface area contributed by atoms with E-state index in [1.807, 2.05) is 20.9 Å². The SMILES string of the molecule is CC(C)c1cc(C(=O)NCC2(C(=O)O)CCCCC2)nn1C. The van der Waals surface area contributed by atoms with Crippen LogP contribution < -0.4 is 5.32 Å². The van der Waals surface area contributed by atoms with Crippen molar-refractivity contribution in [2.75, 3.05) is 6.54 Å². The van der Waals surface area contributed by atoms with Crippen molar-refractivity contribution in [3.8, 4) is 0 Å². The molecule has 2 N–H and O–H groups in total. The topological polar surface area (TPSA) is 84.2 Å². The molecule has 0 bridgehead atoms. The van der Waals surface area contributed by atoms with Crippen LogP contribution in [0.5, 0.6) is 0 Å². The van der Waals surface area contributed by atoms with Gasteiger partial charge in [-0.3, -0.25) is 14.3 Å². The van der Waals surface area contributed by atoms with Crippen LogP contribution in [-0.4, -0.2) is 33.3 Å². The van der Waals surface area contributed by atoms with Gasteiger partial charge in [0.1, 0.15) is 5.69 Å². The van der Waals surface area contributed by atoms with Crippen LogP contribution in [0.3, 0.4) is 0 Å². The first-order chi connectivity index (χ1) is 10.4. The lowest BCUT2D eigenvalue weighted by molar-refractivity contribution is -0.150. The largest absolute Gasteiger partial charge is 0.481 e. The van der Waals surface area contributed by atoms with Crippen molar-refractivity contribution < 1.29 is 14.7 Å². The van der Waals surface area contributed by atoms with Crippen LogP contribution in [0.2, 0.25) is 0 Å². The Kier molecular flexibility index (Phi) is 4.88. The molecule has 0 atom stereocenters. The fourth-order valence-electron chi connectivity index (χ4n) is 3.17. The lowest BCUT2D eigenvalue weighted by Gasteiger charge is -2.33. The molecule has 1 aliphatic rings. The summed E-state index contributed by atoms with van der Waals surface area (Å²) in [5.41, 5.74) is 0.516. The molecule has 0 unspecified atom stereocenters. The Balaban J connectivity index is 2.05. The van der Waals surface area contributed by atoms with Gasteiger partial charge in [-0.15, -0.1) is 0 Å². The van der Waals surface area contributed by atoms with Gasteiger partial charge in [0, 0.05) is 19.3 Å². The molecule has 1 aliphatic carbocycles. The van der Waals surface area contributed by atoms with E-state index in [4.69, 9.17) is 0 Å². The van der Waals surface area contributed by atoms with E-state index >= 15 is 0 Å². The molecule has 0 spiro atoms. The zero-order valence-electron chi connectivity index (χ0n) is 13.6. The summed E-state index contributed by atoms with van der Waals surface area (Å²) in [6.07, 6.45) is 4.14. The van der Waals surface area contributed by atoms with Crippen molar-refractivity contribution in [3.63, 3.8) is 0 Å². The second-order valence-electron chi connectivity index (χ2n) is 6.56. The Hall–Kier alpha value is -1.85. The number of hydrogen-bond acceptors (Lipinski definition) is 3. The fraction of sp³-hybridized carbons (Fsp3) is 0.688. The van der Waals surface area contributed by atoms with Gasteiger partial charge in [0.05, 0.1) is 5.41 Å². The summed E-state index contributed by atoms with van der Waals surface area (Å²) < 4.78 is 1.70. The number of aliphatic carboxylic acids is 1. The minimum atomic E-state index is -0.816. The number of amides is 1. The average Bonchev–Trinajstić information content (AvgIpc) is 2.88. The lowest BCUT2D eigenvalue weighted by atomic mass is 9.74. The predicted molar refractivity (Wildman–Crippen MR) is 82.8 cm³/mol. The maximum atomic E-state index is 12.3. The molecular formula is C16H25N3O3. The Morgan fingerprint density at radius 2 is 2.00 bits per heavy atom. The molecule has 1 amide bonds. The average molecular weight is 307 g/mol. The number of nitrogens with one attached hydrogen (secondary N) is 1. The van der Waals surface area contributed by atoms with Gasteiger partial charge in [-0.05, 0) is 24.8 Å². The number of carboxylic acid groups (broad SMARTS) is 1. The van der Waals surface area contributed by atoms with Crippen LogP contribution in [0.15, 0.2) is 6.07 Å². The molecule has 2 rings (SSSR count). The van der Waals surface area contributed by atoms with Crippen molar-refractivity contribution >= 4 is 11.9 Å². The second kappa shape index (κ2) is 6.50. The molecule has 1 heterocycles. The molecule has 6 nitrogen and oxygen atoms in total. The number of aryl methyl sites for hydroxylation is 1. The summed E-state index contributed by atoms with van der Waals surface area (Å²) in [7, 11) is 1.81. The molecule has 1 fully saturated rings. The number of nitrogens with zero attached hydrogens (tertiary/aromatic N) is 2. The maximum Gasteiger partial charge on any atom is 0.311 e. The van der Waals surface area contributed by atoms with E-state index in [0.717, 1.165) is 25.0 Å². The maximum absolute atomic E-state index is 12.3. The normalized spacial score (nSPS) is 17.5. The number of carboxylic acids is 1. The van der Waals surface area contributed by atoms with Crippen LogP contribution in [0.25, 0.3) is 0 Å². The van der Waals surface area contributed by atoms with Crippen molar-refractivity contribution in [1.82, 2.24) is 15.1 Å². The molecule has 1 aromatic heterocycles. The smallest absolute Gasteiger partial charge is 0.311 e. The van der Waals surface area contributed by atoms with E-state index in [2.05, 4.69) is 10.4 Å². The van der Waals surface area contributed by atoms with Crippen molar-refractivity contribution in [3.05, 3.63) is 17.5 Å². The Bertz CT molecular complexity index is 557. The molecule has 1 aromatic rings. The summed E-state index contributed by atoms with van der Waals surface area (Å²) in [6, 6.07) is 1.77. The monoisotopic (exact) mass is 307 g/mol. The molecule has 0 aromatic carbocycles. The first-order valence-corrected chi connectivity index (χ1v) is 7.91. The number of rotatable bonds is 5. The van der Waals surface area contributed by atoms with E-state index in [0.29, 0.717) is 18.5 Å². The lowest BCUT2D eigenvalue weighted by Crippen LogP contribution is -2.44. The first-order valence-electron chi connectivity index (χ1n) is 7.91. The van der Waals surface area contributed by atoms with E-state index in [-0.39, 0.29) is 18.4 Å². The van der Waals surface area contributed by atoms with Crippen LogP contribution in [0, 0.1) is 5.41 Å². The molecule has 0 saturated heterocycles. The molecule has 0 radical (unpaired) electrons. The molecule has 0 aliphatic heterocycles. The third kappa shape index (κ3) is 3.31. The quantitative estimate of drug-likeness (QED) is 0.874. The van der Waals surface area contributed by atoms with Crippen LogP contribution in [0.1, 0.15) is 68.1 Å². The van der Waals surface area contributed by atoms with Gasteiger partial charge in [0.15, 0.2) is 0 Å². The van der Waals surface area contributed by atoms with Gasteiger partial charge in [-0.25, -0.2) is 0 Å². The standard InChI is InChI=1S/C16H25N3O3/c1-11(2)13-9-12(18-19(13)3)14(20)17-10-16(15(21)22)7-5-4-6-8-16/h9,11H,4-8,10H2,1-3H3,(H,17,20)(H,21,22). The predicted octanol–water partition coefficient (Wildman–Crippen LogP) is 2.31. The van der Waals surface area contributed by atoms with E-state index in [9.17, 15) is 14.7 Å². The highest BCUT2D eigenvalue weighted by Crippen LogP contribution is 2.36. The highest BCUT2D eigenvalue weighted by Gasteiger charge is 2.39. The van der Waals surface area contributed by atoms with Crippen LogP contribution in [-0.2, 0) is 11.8 Å². The number of carbonyl (C=O) groups excluding carboxylic acids is 1. The van der Waals surface area contributed by atoms with E-state index in [1.54, 1.807) is 10.7 Å². The molecule has 6 heteroatoms. The third-order valence-electron chi connectivity index (χ3n) is 4.59. The summed E-state index contributed by atoms with van der Waals surface area (Å²) in [4.78, 5) is 23.9. The second-order valence-corrected chi connectivity index (χ2v) is 6.56. The van der Waals surface area contributed by atoms with Crippen molar-refractivity contribution in [2.24, 2.45) is 12.5 Å². The van der Waals surface area contributed by atoms with E-state index in [1.165, 1.54) is 0 Å². The Morgan fingerprint density at radius 1 is 1.36 bits per heavy atom. The highest BCUT2D eigenvalue weighted by atomic mass is 16.4. The van der Waals surface area contributed by atoms with Crippen LogP contribution in [0.4, 0.5) is 0 Å². The summed E-state index contributed by atoms with van der Waals surface area (Å²) >= 11 is 0. The number of aromatic nitrogens is 2. The summed E-state index contributed by atoms with van der Waals surface area (Å²) in [6.45, 7) is 4.26. The van der Waals surface area contributed by atoms with Crippen molar-refractivity contribution in [2.45, 2.75) is 51.9 Å². The summed E-state index contributed by atoms with van der Waals surface area (Å²) in [5.74, 6) is -0.826. The fourth-order valence-corrected chi connectivity index (χ4v) is 3.17. The first kappa shape index (κ1) is 16.5. The Labute approximate surface area is 130 Å². The minimum absolute atomic E-state index is 0.175. The van der Waals surface area contributed by atoms with Crippen LogP contribution >= 0.6 is 0 Å². The highest BCUT2D eigenvalue weighted by molar-refractivity contribution is 5.92. The number of carbonyl (C=O) groups is 2. The molecular weight excluding hydrogens is 282 g/mol. The zero-order valence-corrected chi connectivity index (χ0v) is 13.6. The zero-order chi connectivity index (χ0) is 16.3.